The Labute approximate surface area is 119 Å². The monoisotopic (exact) mass is 278 g/mol. The minimum absolute atomic E-state index is 0.159. The molecule has 20 heavy (non-hydrogen) atoms. The third-order valence-corrected chi connectivity index (χ3v) is 2.49. The molecule has 0 radical (unpaired) electrons. The fourth-order valence-electron chi connectivity index (χ4n) is 1.67. The molecule has 1 unspecified atom stereocenters. The molecule has 0 spiro atoms. The predicted molar refractivity (Wildman–Crippen MR) is 77.0 cm³/mol. The zero-order valence-corrected chi connectivity index (χ0v) is 12.2. The number of carbonyl (C=O) groups excluding carboxylic acids is 2. The van der Waals surface area contributed by atoms with Crippen LogP contribution >= 0.6 is 0 Å². The van der Waals surface area contributed by atoms with Crippen LogP contribution in [0.1, 0.15) is 26.3 Å². The molecule has 110 valence electrons. The highest BCUT2D eigenvalue weighted by atomic mass is 16.6. The Morgan fingerprint density at radius 2 is 1.85 bits per heavy atom. The van der Waals surface area contributed by atoms with E-state index < -0.39 is 17.6 Å². The van der Waals surface area contributed by atoms with E-state index in [9.17, 15) is 9.59 Å². The molecular weight excluding hydrogens is 256 g/mol. The lowest BCUT2D eigenvalue weighted by molar-refractivity contribution is -0.158. The molecule has 0 heterocycles. The first-order valence-corrected chi connectivity index (χ1v) is 6.58. The van der Waals surface area contributed by atoms with E-state index in [1.54, 1.807) is 20.8 Å². The number of amides is 1. The zero-order valence-electron chi connectivity index (χ0n) is 12.2. The van der Waals surface area contributed by atoms with Crippen LogP contribution in [0.5, 0.6) is 0 Å². The summed E-state index contributed by atoms with van der Waals surface area (Å²) in [6.45, 7) is 5.20. The van der Waals surface area contributed by atoms with E-state index in [4.69, 9.17) is 10.5 Å². The van der Waals surface area contributed by atoms with Gasteiger partial charge in [0.25, 0.3) is 0 Å². The van der Waals surface area contributed by atoms with Crippen LogP contribution < -0.4 is 11.1 Å². The SMILES string of the molecule is CC(C)(C)OC(=O)C(Cc1ccccc1)NC(=O)CN. The van der Waals surface area contributed by atoms with Gasteiger partial charge in [-0.25, -0.2) is 4.79 Å². The maximum atomic E-state index is 12.1. The quantitative estimate of drug-likeness (QED) is 0.788. The maximum absolute atomic E-state index is 12.1. The van der Waals surface area contributed by atoms with E-state index in [1.165, 1.54) is 0 Å². The topological polar surface area (TPSA) is 81.4 Å². The van der Waals surface area contributed by atoms with Crippen LogP contribution in [0, 0.1) is 0 Å². The summed E-state index contributed by atoms with van der Waals surface area (Å²) in [5.41, 5.74) is 5.62. The maximum Gasteiger partial charge on any atom is 0.329 e. The molecule has 0 saturated carbocycles. The molecule has 0 aliphatic carbocycles. The van der Waals surface area contributed by atoms with Gasteiger partial charge in [0.2, 0.25) is 5.91 Å². The Bertz CT molecular complexity index is 452. The summed E-state index contributed by atoms with van der Waals surface area (Å²) in [6, 6.07) is 8.72. The van der Waals surface area contributed by atoms with Gasteiger partial charge in [0.15, 0.2) is 0 Å². The van der Waals surface area contributed by atoms with Crippen molar-refractivity contribution in [3.8, 4) is 0 Å². The number of hydrogen-bond donors (Lipinski definition) is 2. The largest absolute Gasteiger partial charge is 0.458 e. The molecule has 0 aliphatic heterocycles. The summed E-state index contributed by atoms with van der Waals surface area (Å²) in [4.78, 5) is 23.6. The lowest BCUT2D eigenvalue weighted by atomic mass is 10.1. The summed E-state index contributed by atoms with van der Waals surface area (Å²) in [7, 11) is 0. The summed E-state index contributed by atoms with van der Waals surface area (Å²) < 4.78 is 5.32. The Hall–Kier alpha value is -1.88. The van der Waals surface area contributed by atoms with E-state index >= 15 is 0 Å². The van der Waals surface area contributed by atoms with Crippen LogP contribution in [0.4, 0.5) is 0 Å². The van der Waals surface area contributed by atoms with Crippen molar-refractivity contribution in [3.05, 3.63) is 35.9 Å². The van der Waals surface area contributed by atoms with E-state index in [2.05, 4.69) is 5.32 Å². The van der Waals surface area contributed by atoms with Gasteiger partial charge in [0.1, 0.15) is 11.6 Å². The average Bonchev–Trinajstić information content (AvgIpc) is 2.37. The first kappa shape index (κ1) is 16.2. The van der Waals surface area contributed by atoms with Crippen molar-refractivity contribution in [2.75, 3.05) is 6.54 Å². The number of esters is 1. The number of hydrogen-bond acceptors (Lipinski definition) is 4. The number of benzene rings is 1. The van der Waals surface area contributed by atoms with Gasteiger partial charge in [-0.05, 0) is 26.3 Å². The van der Waals surface area contributed by atoms with Crippen molar-refractivity contribution < 1.29 is 14.3 Å². The first-order valence-electron chi connectivity index (χ1n) is 6.58. The van der Waals surface area contributed by atoms with Gasteiger partial charge >= 0.3 is 5.97 Å². The molecule has 5 heteroatoms. The Kier molecular flexibility index (Phi) is 5.70. The van der Waals surface area contributed by atoms with Crippen molar-refractivity contribution in [2.45, 2.75) is 38.8 Å². The van der Waals surface area contributed by atoms with Crippen LogP contribution in [-0.4, -0.2) is 30.1 Å². The molecule has 0 bridgehead atoms. The van der Waals surface area contributed by atoms with Crippen molar-refractivity contribution in [2.24, 2.45) is 5.73 Å². The van der Waals surface area contributed by atoms with Gasteiger partial charge in [0.05, 0.1) is 6.54 Å². The number of ether oxygens (including phenoxy) is 1. The van der Waals surface area contributed by atoms with Gasteiger partial charge < -0.3 is 15.8 Å². The normalized spacial score (nSPS) is 12.6. The van der Waals surface area contributed by atoms with E-state index in [0.717, 1.165) is 5.56 Å². The minimum Gasteiger partial charge on any atom is -0.458 e. The number of nitrogens with two attached hydrogens (primary N) is 1. The first-order chi connectivity index (χ1) is 9.31. The van der Waals surface area contributed by atoms with Gasteiger partial charge in [-0.15, -0.1) is 0 Å². The lowest BCUT2D eigenvalue weighted by Gasteiger charge is -2.24. The molecule has 0 fully saturated rings. The lowest BCUT2D eigenvalue weighted by Crippen LogP contribution is -2.47. The summed E-state index contributed by atoms with van der Waals surface area (Å²) >= 11 is 0. The number of rotatable bonds is 5. The Morgan fingerprint density at radius 1 is 1.25 bits per heavy atom. The fourth-order valence-corrected chi connectivity index (χ4v) is 1.67. The van der Waals surface area contributed by atoms with Gasteiger partial charge in [-0.1, -0.05) is 30.3 Å². The summed E-state index contributed by atoms with van der Waals surface area (Å²) in [6.07, 6.45) is 0.376. The second-order valence-electron chi connectivity index (χ2n) is 5.55. The third kappa shape index (κ3) is 5.84. The van der Waals surface area contributed by atoms with Crippen LogP contribution in [0.25, 0.3) is 0 Å². The molecule has 1 aromatic rings. The van der Waals surface area contributed by atoms with Crippen LogP contribution in [0.2, 0.25) is 0 Å². The molecule has 1 aromatic carbocycles. The van der Waals surface area contributed by atoms with Crippen molar-refractivity contribution >= 4 is 11.9 Å². The van der Waals surface area contributed by atoms with E-state index in [1.807, 2.05) is 30.3 Å². The predicted octanol–water partition coefficient (Wildman–Crippen LogP) is 1.01. The Balaban J connectivity index is 2.79. The molecule has 1 rings (SSSR count). The zero-order chi connectivity index (χ0) is 15.2. The molecule has 0 aliphatic rings. The highest BCUT2D eigenvalue weighted by molar-refractivity contribution is 5.85. The standard InChI is InChI=1S/C15H22N2O3/c1-15(2,3)20-14(19)12(17-13(18)10-16)9-11-7-5-4-6-8-11/h4-8,12H,9-10,16H2,1-3H3,(H,17,18). The van der Waals surface area contributed by atoms with Crippen molar-refractivity contribution in [1.29, 1.82) is 0 Å². The molecule has 0 saturated heterocycles. The number of nitrogens with one attached hydrogen (secondary N) is 1. The smallest absolute Gasteiger partial charge is 0.329 e. The highest BCUT2D eigenvalue weighted by Gasteiger charge is 2.26. The van der Waals surface area contributed by atoms with Gasteiger partial charge in [-0.2, -0.15) is 0 Å². The van der Waals surface area contributed by atoms with E-state index in [0.29, 0.717) is 6.42 Å². The van der Waals surface area contributed by atoms with Gasteiger partial charge in [0, 0.05) is 6.42 Å². The minimum atomic E-state index is -0.729. The molecule has 1 atom stereocenters. The molecule has 5 nitrogen and oxygen atoms in total. The van der Waals surface area contributed by atoms with Gasteiger partial charge in [-0.3, -0.25) is 4.79 Å². The highest BCUT2D eigenvalue weighted by Crippen LogP contribution is 2.11. The summed E-state index contributed by atoms with van der Waals surface area (Å²) in [5, 5.41) is 2.60. The third-order valence-electron chi connectivity index (χ3n) is 2.49. The average molecular weight is 278 g/mol. The summed E-state index contributed by atoms with van der Waals surface area (Å²) in [5.74, 6) is -0.833. The van der Waals surface area contributed by atoms with Crippen LogP contribution in [0.15, 0.2) is 30.3 Å². The fraction of sp³-hybridized carbons (Fsp3) is 0.467. The second kappa shape index (κ2) is 7.05. The molecule has 1 amide bonds. The van der Waals surface area contributed by atoms with E-state index in [-0.39, 0.29) is 12.5 Å². The van der Waals surface area contributed by atoms with Crippen molar-refractivity contribution in [3.63, 3.8) is 0 Å². The Morgan fingerprint density at radius 3 is 2.35 bits per heavy atom. The molecule has 0 aromatic heterocycles. The molecular formula is C15H22N2O3. The van der Waals surface area contributed by atoms with Crippen LogP contribution in [-0.2, 0) is 20.7 Å². The second-order valence-corrected chi connectivity index (χ2v) is 5.55. The number of carbonyl (C=O) groups is 2. The van der Waals surface area contributed by atoms with Crippen molar-refractivity contribution in [1.82, 2.24) is 5.32 Å². The molecule has 3 N–H and O–H groups in total. The van der Waals surface area contributed by atoms with Crippen LogP contribution in [0.3, 0.4) is 0 Å².